The summed E-state index contributed by atoms with van der Waals surface area (Å²) in [7, 11) is 0. The molecule has 0 aromatic carbocycles. The Balaban J connectivity index is 2.04. The Labute approximate surface area is 83.2 Å². The smallest absolute Gasteiger partial charge is 0.139 e. The van der Waals surface area contributed by atoms with Crippen LogP contribution in [0.1, 0.15) is 12.8 Å². The molecule has 76 valence electrons. The summed E-state index contributed by atoms with van der Waals surface area (Å²) in [5, 5.41) is 11.3. The van der Waals surface area contributed by atoms with Gasteiger partial charge in [-0.05, 0) is 13.0 Å². The van der Waals surface area contributed by atoms with Gasteiger partial charge in [-0.15, -0.1) is 0 Å². The van der Waals surface area contributed by atoms with Crippen molar-refractivity contribution in [1.29, 1.82) is 0 Å². The topological polar surface area (TPSA) is 61.8 Å². The van der Waals surface area contributed by atoms with Crippen LogP contribution < -0.4 is 5.73 Å². The first-order chi connectivity index (χ1) is 6.33. The zero-order valence-electron chi connectivity index (χ0n) is 7.78. The summed E-state index contributed by atoms with van der Waals surface area (Å²) in [6.07, 6.45) is 1.68. The Morgan fingerprint density at radius 2 is 2.15 bits per heavy atom. The number of nitrogens with two attached hydrogens (primary N) is 1. The van der Waals surface area contributed by atoms with E-state index in [1.165, 1.54) is 24.6 Å². The number of rotatable bonds is 4. The molecule has 0 aromatic heterocycles. The van der Waals surface area contributed by atoms with Crippen molar-refractivity contribution in [3.63, 3.8) is 0 Å². The molecule has 1 saturated heterocycles. The molecule has 1 aliphatic heterocycles. The van der Waals surface area contributed by atoms with Gasteiger partial charge >= 0.3 is 0 Å². The minimum atomic E-state index is 0.339. The van der Waals surface area contributed by atoms with Crippen molar-refractivity contribution in [3.8, 4) is 0 Å². The highest BCUT2D eigenvalue weighted by atomic mass is 32.2. The minimum absolute atomic E-state index is 0.339. The molecule has 3 N–H and O–H groups in total. The molecule has 5 heteroatoms. The van der Waals surface area contributed by atoms with Gasteiger partial charge in [-0.1, -0.05) is 5.16 Å². The average Bonchev–Trinajstić information content (AvgIpc) is 2.19. The van der Waals surface area contributed by atoms with Crippen LogP contribution in [0.3, 0.4) is 0 Å². The molecule has 0 amide bonds. The number of oxime groups is 1. The van der Waals surface area contributed by atoms with E-state index in [4.69, 9.17) is 10.9 Å². The second kappa shape index (κ2) is 6.10. The minimum Gasteiger partial charge on any atom is -0.409 e. The summed E-state index contributed by atoms with van der Waals surface area (Å²) >= 11 is 2.01. The van der Waals surface area contributed by atoms with Crippen molar-refractivity contribution in [3.05, 3.63) is 0 Å². The summed E-state index contributed by atoms with van der Waals surface area (Å²) in [4.78, 5) is 2.43. The Hall–Kier alpha value is -0.420. The predicted octanol–water partition coefficient (Wildman–Crippen LogP) is 0.562. The van der Waals surface area contributed by atoms with Crippen molar-refractivity contribution in [2.75, 3.05) is 31.1 Å². The van der Waals surface area contributed by atoms with Crippen molar-refractivity contribution >= 4 is 17.6 Å². The number of nitrogens with zero attached hydrogens (tertiary/aromatic N) is 2. The lowest BCUT2D eigenvalue weighted by Crippen LogP contribution is -2.33. The van der Waals surface area contributed by atoms with Crippen LogP contribution in [0.2, 0.25) is 0 Å². The molecule has 1 aliphatic rings. The predicted molar refractivity (Wildman–Crippen MR) is 56.4 cm³/mol. The summed E-state index contributed by atoms with van der Waals surface area (Å²) in [5.41, 5.74) is 5.37. The first-order valence-corrected chi connectivity index (χ1v) is 5.75. The molecule has 1 rings (SSSR count). The Kier molecular flexibility index (Phi) is 5.00. The van der Waals surface area contributed by atoms with Gasteiger partial charge in [0.05, 0.1) is 0 Å². The van der Waals surface area contributed by atoms with E-state index in [0.717, 1.165) is 13.0 Å². The summed E-state index contributed by atoms with van der Waals surface area (Å²) in [5.74, 6) is 2.82. The van der Waals surface area contributed by atoms with Crippen LogP contribution in [0.5, 0.6) is 0 Å². The molecule has 0 saturated carbocycles. The second-order valence-corrected chi connectivity index (χ2v) is 4.37. The van der Waals surface area contributed by atoms with E-state index in [1.807, 2.05) is 11.8 Å². The standard InChI is InChI=1S/C8H17N3OS/c9-8(10-12)2-1-3-11-4-6-13-7-5-11/h12H,1-7H2,(H2,9,10). The van der Waals surface area contributed by atoms with Crippen LogP contribution in [-0.4, -0.2) is 47.1 Å². The van der Waals surface area contributed by atoms with E-state index < -0.39 is 0 Å². The van der Waals surface area contributed by atoms with Gasteiger partial charge in [0, 0.05) is 31.0 Å². The fraction of sp³-hybridized carbons (Fsp3) is 0.875. The highest BCUT2D eigenvalue weighted by molar-refractivity contribution is 7.99. The van der Waals surface area contributed by atoms with Gasteiger partial charge in [0.2, 0.25) is 0 Å². The van der Waals surface area contributed by atoms with Gasteiger partial charge in [0.1, 0.15) is 5.84 Å². The summed E-state index contributed by atoms with van der Waals surface area (Å²) in [6.45, 7) is 3.43. The average molecular weight is 203 g/mol. The van der Waals surface area contributed by atoms with Crippen LogP contribution in [0.25, 0.3) is 0 Å². The van der Waals surface area contributed by atoms with Crippen LogP contribution in [-0.2, 0) is 0 Å². The van der Waals surface area contributed by atoms with Gasteiger partial charge in [-0.3, -0.25) is 0 Å². The Morgan fingerprint density at radius 1 is 1.46 bits per heavy atom. The first kappa shape index (κ1) is 10.7. The third-order valence-corrected chi connectivity index (χ3v) is 3.08. The maximum absolute atomic E-state index is 8.32. The molecule has 0 bridgehead atoms. The third kappa shape index (κ3) is 4.38. The normalized spacial score (nSPS) is 20.5. The number of hydrogen-bond donors (Lipinski definition) is 2. The molecule has 13 heavy (non-hydrogen) atoms. The van der Waals surface area contributed by atoms with E-state index in [1.54, 1.807) is 0 Å². The lowest BCUT2D eigenvalue weighted by atomic mass is 10.2. The Bertz CT molecular complexity index is 169. The highest BCUT2D eigenvalue weighted by Crippen LogP contribution is 2.09. The van der Waals surface area contributed by atoms with E-state index in [0.29, 0.717) is 12.3 Å². The van der Waals surface area contributed by atoms with Crippen molar-refractivity contribution < 1.29 is 5.21 Å². The van der Waals surface area contributed by atoms with E-state index in [9.17, 15) is 0 Å². The maximum atomic E-state index is 8.32. The third-order valence-electron chi connectivity index (χ3n) is 2.14. The van der Waals surface area contributed by atoms with Gasteiger partial charge in [0.25, 0.3) is 0 Å². The molecular formula is C8H17N3OS. The number of amidine groups is 1. The fourth-order valence-electron chi connectivity index (χ4n) is 1.36. The molecule has 0 aromatic rings. The largest absolute Gasteiger partial charge is 0.409 e. The molecule has 0 unspecified atom stereocenters. The Morgan fingerprint density at radius 3 is 2.77 bits per heavy atom. The molecule has 4 nitrogen and oxygen atoms in total. The van der Waals surface area contributed by atoms with Gasteiger partial charge in [-0.25, -0.2) is 0 Å². The van der Waals surface area contributed by atoms with E-state index >= 15 is 0 Å². The lowest BCUT2D eigenvalue weighted by molar-refractivity contribution is 0.297. The number of thioether (sulfide) groups is 1. The van der Waals surface area contributed by atoms with E-state index in [2.05, 4.69) is 10.1 Å². The molecule has 1 heterocycles. The molecule has 0 radical (unpaired) electrons. The molecule has 1 fully saturated rings. The van der Waals surface area contributed by atoms with Gasteiger partial charge < -0.3 is 15.8 Å². The van der Waals surface area contributed by atoms with Gasteiger partial charge in [0.15, 0.2) is 0 Å². The van der Waals surface area contributed by atoms with E-state index in [-0.39, 0.29) is 0 Å². The summed E-state index contributed by atoms with van der Waals surface area (Å²) < 4.78 is 0. The molecular weight excluding hydrogens is 186 g/mol. The molecule has 0 atom stereocenters. The first-order valence-electron chi connectivity index (χ1n) is 4.59. The quantitative estimate of drug-likeness (QED) is 0.303. The fourth-order valence-corrected chi connectivity index (χ4v) is 2.34. The van der Waals surface area contributed by atoms with Crippen LogP contribution in [0, 0.1) is 0 Å². The molecule has 0 spiro atoms. The van der Waals surface area contributed by atoms with Crippen molar-refractivity contribution in [2.24, 2.45) is 10.9 Å². The van der Waals surface area contributed by atoms with Crippen LogP contribution in [0.15, 0.2) is 5.16 Å². The lowest BCUT2D eigenvalue weighted by Gasteiger charge is -2.25. The summed E-state index contributed by atoms with van der Waals surface area (Å²) in [6, 6.07) is 0. The number of hydrogen-bond acceptors (Lipinski definition) is 4. The second-order valence-electron chi connectivity index (χ2n) is 3.15. The van der Waals surface area contributed by atoms with Crippen molar-refractivity contribution in [1.82, 2.24) is 4.90 Å². The highest BCUT2D eigenvalue weighted by Gasteiger charge is 2.09. The molecule has 0 aliphatic carbocycles. The van der Waals surface area contributed by atoms with Crippen molar-refractivity contribution in [2.45, 2.75) is 12.8 Å². The monoisotopic (exact) mass is 203 g/mol. The van der Waals surface area contributed by atoms with Crippen LogP contribution in [0.4, 0.5) is 0 Å². The maximum Gasteiger partial charge on any atom is 0.139 e. The zero-order chi connectivity index (χ0) is 9.52. The zero-order valence-corrected chi connectivity index (χ0v) is 8.59. The van der Waals surface area contributed by atoms with Gasteiger partial charge in [-0.2, -0.15) is 11.8 Å². The van der Waals surface area contributed by atoms with Crippen LogP contribution >= 0.6 is 11.8 Å². The SMILES string of the molecule is N/C(CCCN1CCSCC1)=N\O.